The van der Waals surface area contributed by atoms with Gasteiger partial charge in [-0.3, -0.25) is 0 Å². The molecular weight excluding hydrogens is 248 g/mol. The van der Waals surface area contributed by atoms with E-state index in [0.29, 0.717) is 0 Å². The zero-order valence-corrected chi connectivity index (χ0v) is 13.2. The first-order valence-electron chi connectivity index (χ1n) is 8.07. The highest BCUT2D eigenvalue weighted by Crippen LogP contribution is 2.11. The van der Waals surface area contributed by atoms with E-state index in [-0.39, 0.29) is 0 Å². The molecule has 20 heavy (non-hydrogen) atoms. The molecule has 1 fully saturated rings. The first-order chi connectivity index (χ1) is 9.76. The maximum atomic E-state index is 5.31. The highest BCUT2D eigenvalue weighted by Gasteiger charge is 2.27. The maximum absolute atomic E-state index is 5.31. The molecule has 1 aliphatic heterocycles. The monoisotopic (exact) mass is 278 g/mol. The van der Waals surface area contributed by atoms with Crippen LogP contribution in [-0.4, -0.2) is 39.3 Å². The van der Waals surface area contributed by atoms with E-state index in [0.717, 1.165) is 18.3 Å². The number of ether oxygens (including phenoxy) is 1. The van der Waals surface area contributed by atoms with E-state index >= 15 is 0 Å². The van der Waals surface area contributed by atoms with Crippen molar-refractivity contribution in [3.63, 3.8) is 0 Å². The van der Waals surface area contributed by atoms with Crippen LogP contribution in [0.15, 0.2) is 24.3 Å². The fourth-order valence-corrected chi connectivity index (χ4v) is 3.45. The number of methoxy groups -OCH3 is 1. The van der Waals surface area contributed by atoms with E-state index in [1.165, 1.54) is 44.6 Å². The molecule has 1 saturated heterocycles. The highest BCUT2D eigenvalue weighted by molar-refractivity contribution is 5.27. The molecule has 0 aromatic heterocycles. The molecule has 1 aliphatic rings. The van der Waals surface area contributed by atoms with E-state index in [4.69, 9.17) is 4.74 Å². The maximum Gasteiger partial charge on any atom is 0.127 e. The van der Waals surface area contributed by atoms with Crippen molar-refractivity contribution in [3.8, 4) is 5.75 Å². The molecule has 0 amide bonds. The summed E-state index contributed by atoms with van der Waals surface area (Å²) in [7, 11) is 1.74. The Morgan fingerprint density at radius 3 is 2.40 bits per heavy atom. The van der Waals surface area contributed by atoms with Crippen molar-refractivity contribution in [2.24, 2.45) is 0 Å². The molecule has 2 N–H and O–H groups in total. The number of quaternary nitrogens is 2. The lowest BCUT2D eigenvalue weighted by atomic mass is 10.1. The molecule has 1 aromatic rings. The highest BCUT2D eigenvalue weighted by atomic mass is 16.5. The number of benzene rings is 1. The molecule has 1 aromatic carbocycles. The van der Waals surface area contributed by atoms with Crippen LogP contribution in [0.2, 0.25) is 0 Å². The van der Waals surface area contributed by atoms with E-state index < -0.39 is 0 Å². The molecule has 112 valence electrons. The minimum atomic E-state index is 0.869. The summed E-state index contributed by atoms with van der Waals surface area (Å²) in [5.41, 5.74) is 1.39. The average Bonchev–Trinajstić information content (AvgIpc) is 2.50. The predicted octanol–water partition coefficient (Wildman–Crippen LogP) is 0.167. The fourth-order valence-electron chi connectivity index (χ4n) is 3.45. The second-order valence-electron chi connectivity index (χ2n) is 5.95. The summed E-state index contributed by atoms with van der Waals surface area (Å²) < 4.78 is 5.31. The van der Waals surface area contributed by atoms with Gasteiger partial charge in [-0.2, -0.15) is 0 Å². The van der Waals surface area contributed by atoms with Gasteiger partial charge < -0.3 is 14.5 Å². The van der Waals surface area contributed by atoms with Gasteiger partial charge in [-0.1, -0.05) is 26.0 Å². The van der Waals surface area contributed by atoms with Gasteiger partial charge in [0, 0.05) is 5.56 Å². The minimum absolute atomic E-state index is 0.869. The largest absolute Gasteiger partial charge is 0.497 e. The summed E-state index contributed by atoms with van der Waals surface area (Å²) in [5, 5.41) is 0. The smallest absolute Gasteiger partial charge is 0.127 e. The molecule has 1 heterocycles. The summed E-state index contributed by atoms with van der Waals surface area (Å²) in [6.45, 7) is 11.0. The second-order valence-corrected chi connectivity index (χ2v) is 5.95. The van der Waals surface area contributed by atoms with Crippen molar-refractivity contribution in [1.29, 1.82) is 0 Å². The Morgan fingerprint density at radius 2 is 1.80 bits per heavy atom. The molecule has 0 radical (unpaired) electrons. The summed E-state index contributed by atoms with van der Waals surface area (Å²) in [5.74, 6) is 0.975. The van der Waals surface area contributed by atoms with Crippen molar-refractivity contribution in [3.05, 3.63) is 29.8 Å². The van der Waals surface area contributed by atoms with Gasteiger partial charge in [0.05, 0.1) is 13.2 Å². The third kappa shape index (κ3) is 3.97. The van der Waals surface area contributed by atoms with E-state index in [1.54, 1.807) is 12.0 Å². The number of hydrogen-bond acceptors (Lipinski definition) is 1. The van der Waals surface area contributed by atoms with Crippen LogP contribution in [0.5, 0.6) is 5.75 Å². The van der Waals surface area contributed by atoms with Gasteiger partial charge in [0.15, 0.2) is 0 Å². The Kier molecular flexibility index (Phi) is 5.86. The molecule has 0 unspecified atom stereocenters. The summed E-state index contributed by atoms with van der Waals surface area (Å²) >= 11 is 0. The van der Waals surface area contributed by atoms with Crippen LogP contribution in [0, 0.1) is 0 Å². The number of nitrogens with one attached hydrogen (secondary N) is 2. The molecule has 3 nitrogen and oxygen atoms in total. The zero-order chi connectivity index (χ0) is 14.4. The standard InChI is InChI=1S/C17H28N2O/c1-4-16(5-2)19-11-9-18(10-12-19)14-15-7-6-8-17(13-15)20-3/h6-8,13,16H,4-5,9-12,14H2,1-3H3/p+2. The van der Waals surface area contributed by atoms with Gasteiger partial charge in [-0.25, -0.2) is 0 Å². The lowest BCUT2D eigenvalue weighted by Gasteiger charge is -2.34. The lowest BCUT2D eigenvalue weighted by molar-refractivity contribution is -1.03. The van der Waals surface area contributed by atoms with Crippen LogP contribution in [0.1, 0.15) is 32.3 Å². The topological polar surface area (TPSA) is 18.1 Å². The lowest BCUT2D eigenvalue weighted by Crippen LogP contribution is -3.29. The van der Waals surface area contributed by atoms with Crippen molar-refractivity contribution >= 4 is 0 Å². The Hall–Kier alpha value is -1.06. The molecule has 0 atom stereocenters. The molecule has 0 saturated carbocycles. The SMILES string of the molecule is CCC(CC)[NH+]1CC[NH+](Cc2cccc(OC)c2)CC1. The third-order valence-electron chi connectivity index (χ3n) is 4.75. The predicted molar refractivity (Wildman–Crippen MR) is 82.5 cm³/mol. The van der Waals surface area contributed by atoms with Crippen molar-refractivity contribution < 1.29 is 14.5 Å². The van der Waals surface area contributed by atoms with Crippen LogP contribution in [-0.2, 0) is 6.54 Å². The van der Waals surface area contributed by atoms with Crippen molar-refractivity contribution in [1.82, 2.24) is 0 Å². The van der Waals surface area contributed by atoms with Gasteiger partial charge in [0.2, 0.25) is 0 Å². The normalized spacial score (nSPS) is 23.0. The van der Waals surface area contributed by atoms with Gasteiger partial charge in [0.1, 0.15) is 38.5 Å². The second kappa shape index (κ2) is 7.65. The average molecular weight is 278 g/mol. The quantitative estimate of drug-likeness (QED) is 0.759. The number of hydrogen-bond donors (Lipinski definition) is 2. The third-order valence-corrected chi connectivity index (χ3v) is 4.75. The van der Waals surface area contributed by atoms with Crippen LogP contribution in [0.4, 0.5) is 0 Å². The number of piperazine rings is 1. The Balaban J connectivity index is 1.84. The Labute approximate surface area is 123 Å². The first kappa shape index (κ1) is 15.3. The zero-order valence-electron chi connectivity index (χ0n) is 13.2. The van der Waals surface area contributed by atoms with E-state index in [1.807, 2.05) is 11.0 Å². The van der Waals surface area contributed by atoms with Crippen molar-refractivity contribution in [2.75, 3.05) is 33.3 Å². The van der Waals surface area contributed by atoms with Gasteiger partial charge in [0.25, 0.3) is 0 Å². The first-order valence-corrected chi connectivity index (χ1v) is 8.07. The number of rotatable bonds is 6. The van der Waals surface area contributed by atoms with Gasteiger partial charge >= 0.3 is 0 Å². The molecule has 0 bridgehead atoms. The summed E-state index contributed by atoms with van der Waals surface area (Å²) in [4.78, 5) is 3.54. The minimum Gasteiger partial charge on any atom is -0.497 e. The van der Waals surface area contributed by atoms with Crippen LogP contribution in [0.25, 0.3) is 0 Å². The summed E-state index contributed by atoms with van der Waals surface area (Å²) in [6.07, 6.45) is 2.63. The Bertz CT molecular complexity index is 396. The molecular formula is C17H30N2O+2. The molecule has 2 rings (SSSR count). The fraction of sp³-hybridized carbons (Fsp3) is 0.647. The van der Waals surface area contributed by atoms with E-state index in [9.17, 15) is 0 Å². The van der Waals surface area contributed by atoms with Crippen LogP contribution >= 0.6 is 0 Å². The van der Waals surface area contributed by atoms with Crippen LogP contribution in [0.3, 0.4) is 0 Å². The van der Waals surface area contributed by atoms with E-state index in [2.05, 4.69) is 32.0 Å². The summed E-state index contributed by atoms with van der Waals surface area (Å²) in [6, 6.07) is 9.38. The van der Waals surface area contributed by atoms with Crippen molar-refractivity contribution in [2.45, 2.75) is 39.3 Å². The molecule has 3 heteroatoms. The Morgan fingerprint density at radius 1 is 1.10 bits per heavy atom. The van der Waals surface area contributed by atoms with Gasteiger partial charge in [-0.05, 0) is 25.0 Å². The van der Waals surface area contributed by atoms with Crippen LogP contribution < -0.4 is 14.5 Å². The molecule has 0 aliphatic carbocycles. The molecule has 0 spiro atoms. The van der Waals surface area contributed by atoms with Gasteiger partial charge in [-0.15, -0.1) is 0 Å².